The molecule has 0 unspecified atom stereocenters. The highest BCUT2D eigenvalue weighted by Gasteiger charge is 2.22. The summed E-state index contributed by atoms with van der Waals surface area (Å²) < 4.78 is 0. The lowest BCUT2D eigenvalue weighted by Gasteiger charge is -2.33. The summed E-state index contributed by atoms with van der Waals surface area (Å²) in [6, 6.07) is 8.13. The normalized spacial score (nSPS) is 16.2. The van der Waals surface area contributed by atoms with E-state index in [0.29, 0.717) is 19.6 Å². The summed E-state index contributed by atoms with van der Waals surface area (Å²) in [5.41, 5.74) is 2.93. The largest absolute Gasteiger partial charge is 0.336 e. The Morgan fingerprint density at radius 2 is 1.95 bits per heavy atom. The summed E-state index contributed by atoms with van der Waals surface area (Å²) in [4.78, 5) is 16.4. The van der Waals surface area contributed by atoms with Crippen molar-refractivity contribution in [3.63, 3.8) is 0 Å². The molecule has 0 saturated carbocycles. The molecule has 0 aliphatic carbocycles. The third-order valence-electron chi connectivity index (χ3n) is 3.58. The lowest BCUT2D eigenvalue weighted by atomic mass is 10.0. The molecule has 0 N–H and O–H groups in total. The molecule has 1 heterocycles. The van der Waals surface area contributed by atoms with Crippen molar-refractivity contribution in [1.82, 2.24) is 9.80 Å². The van der Waals surface area contributed by atoms with Crippen molar-refractivity contribution < 1.29 is 4.79 Å². The Morgan fingerprint density at radius 3 is 2.58 bits per heavy atom. The van der Waals surface area contributed by atoms with Gasteiger partial charge in [0, 0.05) is 31.7 Å². The number of aryl methyl sites for hydroxylation is 2. The van der Waals surface area contributed by atoms with E-state index in [1.165, 1.54) is 0 Å². The highest BCUT2D eigenvalue weighted by molar-refractivity contribution is 5.95. The predicted octanol–water partition coefficient (Wildman–Crippen LogP) is 1.58. The van der Waals surface area contributed by atoms with Gasteiger partial charge in [-0.25, -0.2) is 0 Å². The fourth-order valence-corrected chi connectivity index (χ4v) is 2.35. The molecular formula is C15H19N3O. The molecule has 2 rings (SSSR count). The van der Waals surface area contributed by atoms with Gasteiger partial charge in [-0.1, -0.05) is 17.7 Å². The molecule has 19 heavy (non-hydrogen) atoms. The quantitative estimate of drug-likeness (QED) is 0.756. The molecule has 1 saturated heterocycles. The molecule has 0 atom stereocenters. The van der Waals surface area contributed by atoms with E-state index in [9.17, 15) is 4.79 Å². The van der Waals surface area contributed by atoms with E-state index < -0.39 is 0 Å². The number of carbonyl (C=O) groups is 1. The first-order chi connectivity index (χ1) is 9.11. The fourth-order valence-electron chi connectivity index (χ4n) is 2.35. The fraction of sp³-hybridized carbons (Fsp3) is 0.467. The van der Waals surface area contributed by atoms with Gasteiger partial charge in [-0.3, -0.25) is 9.69 Å². The van der Waals surface area contributed by atoms with Gasteiger partial charge in [0.1, 0.15) is 0 Å². The monoisotopic (exact) mass is 257 g/mol. The van der Waals surface area contributed by atoms with E-state index in [-0.39, 0.29) is 5.91 Å². The Morgan fingerprint density at radius 1 is 1.26 bits per heavy atom. The van der Waals surface area contributed by atoms with Crippen LogP contribution in [0.25, 0.3) is 0 Å². The van der Waals surface area contributed by atoms with Gasteiger partial charge in [0.05, 0.1) is 12.6 Å². The smallest absolute Gasteiger partial charge is 0.254 e. The van der Waals surface area contributed by atoms with Crippen molar-refractivity contribution in [2.75, 3.05) is 32.7 Å². The lowest BCUT2D eigenvalue weighted by Crippen LogP contribution is -2.48. The van der Waals surface area contributed by atoms with Gasteiger partial charge in [0.15, 0.2) is 0 Å². The second-order valence-electron chi connectivity index (χ2n) is 5.04. The molecular weight excluding hydrogens is 238 g/mol. The van der Waals surface area contributed by atoms with Crippen molar-refractivity contribution in [2.24, 2.45) is 0 Å². The molecule has 1 amide bonds. The number of piperazine rings is 1. The standard InChI is InChI=1S/C15H19N3O/c1-12-3-4-13(2)14(11-12)15(19)18-9-7-17(6-5-16)8-10-18/h3-4,11H,6-10H2,1-2H3. The average Bonchev–Trinajstić information content (AvgIpc) is 2.42. The molecule has 100 valence electrons. The number of carbonyl (C=O) groups excluding carboxylic acids is 1. The second-order valence-corrected chi connectivity index (χ2v) is 5.04. The molecule has 0 aromatic heterocycles. The minimum absolute atomic E-state index is 0.109. The summed E-state index contributed by atoms with van der Waals surface area (Å²) in [7, 11) is 0. The Balaban J connectivity index is 2.05. The molecule has 4 heteroatoms. The minimum atomic E-state index is 0.109. The third-order valence-corrected chi connectivity index (χ3v) is 3.58. The number of hydrogen-bond acceptors (Lipinski definition) is 3. The SMILES string of the molecule is Cc1ccc(C)c(C(=O)N2CCN(CC#N)CC2)c1. The Hall–Kier alpha value is -1.86. The van der Waals surface area contributed by atoms with E-state index in [1.807, 2.05) is 36.9 Å². The van der Waals surface area contributed by atoms with Crippen LogP contribution >= 0.6 is 0 Å². The number of amides is 1. The van der Waals surface area contributed by atoms with Crippen LogP contribution in [-0.2, 0) is 0 Å². The number of hydrogen-bond donors (Lipinski definition) is 0. The summed E-state index contributed by atoms with van der Waals surface area (Å²) in [6.45, 7) is 7.39. The van der Waals surface area contributed by atoms with Gasteiger partial charge >= 0.3 is 0 Å². The zero-order valence-electron chi connectivity index (χ0n) is 11.5. The highest BCUT2D eigenvalue weighted by atomic mass is 16.2. The zero-order valence-corrected chi connectivity index (χ0v) is 11.5. The number of rotatable bonds is 2. The van der Waals surface area contributed by atoms with E-state index in [0.717, 1.165) is 29.8 Å². The van der Waals surface area contributed by atoms with Gasteiger partial charge < -0.3 is 4.90 Å². The van der Waals surface area contributed by atoms with Crippen LogP contribution in [0.5, 0.6) is 0 Å². The van der Waals surface area contributed by atoms with E-state index in [2.05, 4.69) is 11.0 Å². The van der Waals surface area contributed by atoms with Gasteiger partial charge in [0.2, 0.25) is 0 Å². The second kappa shape index (κ2) is 5.85. The molecule has 0 bridgehead atoms. The summed E-state index contributed by atoms with van der Waals surface area (Å²) in [6.07, 6.45) is 0. The first kappa shape index (κ1) is 13.6. The van der Waals surface area contributed by atoms with Gasteiger partial charge in [-0.2, -0.15) is 5.26 Å². The number of benzene rings is 1. The van der Waals surface area contributed by atoms with Crippen LogP contribution in [0.3, 0.4) is 0 Å². The Bertz CT molecular complexity index is 511. The maximum Gasteiger partial charge on any atom is 0.254 e. The van der Waals surface area contributed by atoms with Crippen LogP contribution in [-0.4, -0.2) is 48.4 Å². The molecule has 1 fully saturated rings. The van der Waals surface area contributed by atoms with Crippen molar-refractivity contribution in [2.45, 2.75) is 13.8 Å². The minimum Gasteiger partial charge on any atom is -0.336 e. The first-order valence-electron chi connectivity index (χ1n) is 6.57. The number of nitrogens with zero attached hydrogens (tertiary/aromatic N) is 3. The lowest BCUT2D eigenvalue weighted by molar-refractivity contribution is 0.0651. The summed E-state index contributed by atoms with van der Waals surface area (Å²) >= 11 is 0. The van der Waals surface area contributed by atoms with Crippen LogP contribution in [0.1, 0.15) is 21.5 Å². The van der Waals surface area contributed by atoms with Crippen molar-refractivity contribution in [1.29, 1.82) is 5.26 Å². The Kier molecular flexibility index (Phi) is 4.18. The summed E-state index contributed by atoms with van der Waals surface area (Å²) in [5, 5.41) is 8.67. The zero-order chi connectivity index (χ0) is 13.8. The highest BCUT2D eigenvalue weighted by Crippen LogP contribution is 2.14. The molecule has 1 aliphatic rings. The van der Waals surface area contributed by atoms with E-state index >= 15 is 0 Å². The Labute approximate surface area is 114 Å². The molecule has 1 aliphatic heterocycles. The van der Waals surface area contributed by atoms with Crippen LogP contribution < -0.4 is 0 Å². The van der Waals surface area contributed by atoms with Crippen molar-refractivity contribution in [3.05, 3.63) is 34.9 Å². The van der Waals surface area contributed by atoms with Gasteiger partial charge in [-0.05, 0) is 25.5 Å². The maximum atomic E-state index is 12.5. The topological polar surface area (TPSA) is 47.3 Å². The van der Waals surface area contributed by atoms with E-state index in [1.54, 1.807) is 0 Å². The molecule has 0 spiro atoms. The van der Waals surface area contributed by atoms with Crippen LogP contribution in [0.15, 0.2) is 18.2 Å². The molecule has 1 aromatic rings. The van der Waals surface area contributed by atoms with Gasteiger partial charge in [-0.15, -0.1) is 0 Å². The van der Waals surface area contributed by atoms with E-state index in [4.69, 9.17) is 5.26 Å². The first-order valence-corrected chi connectivity index (χ1v) is 6.57. The summed E-state index contributed by atoms with van der Waals surface area (Å²) in [5.74, 6) is 0.109. The molecule has 1 aromatic carbocycles. The van der Waals surface area contributed by atoms with Crippen molar-refractivity contribution in [3.8, 4) is 6.07 Å². The average molecular weight is 257 g/mol. The van der Waals surface area contributed by atoms with Gasteiger partial charge in [0.25, 0.3) is 5.91 Å². The molecule has 0 radical (unpaired) electrons. The maximum absolute atomic E-state index is 12.5. The van der Waals surface area contributed by atoms with Crippen LogP contribution in [0.2, 0.25) is 0 Å². The van der Waals surface area contributed by atoms with Crippen LogP contribution in [0, 0.1) is 25.2 Å². The third kappa shape index (κ3) is 3.12. The number of nitriles is 1. The predicted molar refractivity (Wildman–Crippen MR) is 73.9 cm³/mol. The molecule has 4 nitrogen and oxygen atoms in total. The van der Waals surface area contributed by atoms with Crippen molar-refractivity contribution >= 4 is 5.91 Å². The van der Waals surface area contributed by atoms with Crippen LogP contribution in [0.4, 0.5) is 0 Å².